The van der Waals surface area contributed by atoms with Gasteiger partial charge in [-0.3, -0.25) is 18.5 Å². The zero-order valence-corrected chi connectivity index (χ0v) is 18.1. The second kappa shape index (κ2) is 8.35. The van der Waals surface area contributed by atoms with Crippen molar-refractivity contribution in [2.24, 2.45) is 12.1 Å². The number of imidazole rings is 1. The highest BCUT2D eigenvalue weighted by Crippen LogP contribution is 2.29. The fourth-order valence-electron chi connectivity index (χ4n) is 3.73. The first-order chi connectivity index (χ1) is 14.9. The molecule has 0 bridgehead atoms. The molecule has 0 N–H and O–H groups in total. The van der Waals surface area contributed by atoms with Crippen LogP contribution in [0.2, 0.25) is 0 Å². The van der Waals surface area contributed by atoms with Crippen molar-refractivity contribution in [3.63, 3.8) is 0 Å². The summed E-state index contributed by atoms with van der Waals surface area (Å²) in [6.45, 7) is 5.02. The molecule has 0 unspecified atom stereocenters. The predicted octanol–water partition coefficient (Wildman–Crippen LogP) is 2.01. The largest absolute Gasteiger partial charge is 0.383 e. The van der Waals surface area contributed by atoms with E-state index in [0.717, 1.165) is 11.3 Å². The van der Waals surface area contributed by atoms with Gasteiger partial charge in [0.1, 0.15) is 0 Å². The van der Waals surface area contributed by atoms with E-state index in [9.17, 15) is 9.59 Å². The maximum atomic E-state index is 13.4. The molecule has 0 saturated carbocycles. The van der Waals surface area contributed by atoms with Crippen LogP contribution < -0.4 is 16.3 Å². The summed E-state index contributed by atoms with van der Waals surface area (Å²) in [5, 5.41) is 6.33. The van der Waals surface area contributed by atoms with Gasteiger partial charge in [0.25, 0.3) is 5.56 Å². The van der Waals surface area contributed by atoms with Gasteiger partial charge in [0.15, 0.2) is 11.2 Å². The first-order valence-corrected chi connectivity index (χ1v) is 10.2. The molecular weight excluding hydrogens is 396 g/mol. The highest BCUT2D eigenvalue weighted by atomic mass is 16.5. The summed E-state index contributed by atoms with van der Waals surface area (Å²) >= 11 is 0. The van der Waals surface area contributed by atoms with E-state index in [1.165, 1.54) is 9.13 Å². The van der Waals surface area contributed by atoms with Gasteiger partial charge in [-0.15, -0.1) is 0 Å². The van der Waals surface area contributed by atoms with Gasteiger partial charge >= 0.3 is 5.69 Å². The van der Waals surface area contributed by atoms with Crippen LogP contribution in [0.25, 0.3) is 17.2 Å². The summed E-state index contributed by atoms with van der Waals surface area (Å²) < 4.78 is 9.72. The molecule has 0 saturated heterocycles. The fourth-order valence-corrected chi connectivity index (χ4v) is 3.73. The SMILES string of the molecule is COCCN1N=C(C)[C@H](C)n2c1nc1c2c(=O)n(C/C=C/c2ccccc2)c(=O)n1C. The monoisotopic (exact) mass is 422 g/mol. The molecule has 0 amide bonds. The van der Waals surface area contributed by atoms with E-state index in [4.69, 9.17) is 4.74 Å². The summed E-state index contributed by atoms with van der Waals surface area (Å²) in [7, 11) is 3.26. The summed E-state index contributed by atoms with van der Waals surface area (Å²) in [6, 6.07) is 9.60. The quantitative estimate of drug-likeness (QED) is 0.607. The lowest BCUT2D eigenvalue weighted by Crippen LogP contribution is -2.40. The van der Waals surface area contributed by atoms with Crippen molar-refractivity contribution < 1.29 is 4.74 Å². The minimum atomic E-state index is -0.403. The van der Waals surface area contributed by atoms with E-state index in [-0.39, 0.29) is 18.1 Å². The Kier molecular flexibility index (Phi) is 5.60. The van der Waals surface area contributed by atoms with E-state index in [2.05, 4.69) is 10.1 Å². The molecule has 0 spiro atoms. The van der Waals surface area contributed by atoms with E-state index in [0.29, 0.717) is 30.3 Å². The predicted molar refractivity (Wildman–Crippen MR) is 122 cm³/mol. The lowest BCUT2D eigenvalue weighted by Gasteiger charge is -2.28. The molecule has 1 aliphatic heterocycles. The van der Waals surface area contributed by atoms with Gasteiger partial charge in [-0.25, -0.2) is 9.80 Å². The number of hydrazone groups is 1. The molecule has 0 aliphatic carbocycles. The van der Waals surface area contributed by atoms with Crippen LogP contribution >= 0.6 is 0 Å². The maximum absolute atomic E-state index is 13.4. The Hall–Kier alpha value is -3.46. The molecular formula is C22H26N6O3. The van der Waals surface area contributed by atoms with Crippen LogP contribution in [0, 0.1) is 0 Å². The molecule has 2 aromatic heterocycles. The Labute approximate surface area is 179 Å². The number of hydrogen-bond donors (Lipinski definition) is 0. The van der Waals surface area contributed by atoms with Crippen LogP contribution in [0.1, 0.15) is 25.5 Å². The number of methoxy groups -OCH3 is 1. The normalized spacial score (nSPS) is 16.2. The Balaban J connectivity index is 1.84. The summed E-state index contributed by atoms with van der Waals surface area (Å²) in [5.41, 5.74) is 1.85. The Bertz CT molecular complexity index is 1280. The average molecular weight is 422 g/mol. The third kappa shape index (κ3) is 3.61. The molecule has 3 aromatic rings. The average Bonchev–Trinajstić information content (AvgIpc) is 3.18. The Morgan fingerprint density at radius 2 is 1.94 bits per heavy atom. The summed E-state index contributed by atoms with van der Waals surface area (Å²) in [5.74, 6) is 0.537. The molecule has 0 fully saturated rings. The molecule has 1 aromatic carbocycles. The smallest absolute Gasteiger partial charge is 0.332 e. The molecule has 3 heterocycles. The minimum Gasteiger partial charge on any atom is -0.383 e. The number of hydrogen-bond acceptors (Lipinski definition) is 6. The fraction of sp³-hybridized carbons (Fsp3) is 0.364. The standard InChI is InChI=1S/C22H26N6O3/c1-15-16(2)28-18-19(23-21(28)27(24-15)13-14-31-4)25(3)22(30)26(20(18)29)12-8-11-17-9-6-5-7-10-17/h5-11,16H,12-14H2,1-4H3/b11-8+/t16-/m0/s1. The first kappa shape index (κ1) is 20.8. The van der Waals surface area contributed by atoms with Crippen molar-refractivity contribution in [2.45, 2.75) is 26.4 Å². The summed E-state index contributed by atoms with van der Waals surface area (Å²) in [6.07, 6.45) is 3.71. The second-order valence-electron chi connectivity index (χ2n) is 7.56. The van der Waals surface area contributed by atoms with Gasteiger partial charge in [-0.1, -0.05) is 42.5 Å². The van der Waals surface area contributed by atoms with Gasteiger partial charge in [0.2, 0.25) is 5.95 Å². The summed E-state index contributed by atoms with van der Waals surface area (Å²) in [4.78, 5) is 31.0. The number of allylic oxidation sites excluding steroid dienone is 1. The lowest BCUT2D eigenvalue weighted by molar-refractivity contribution is 0.204. The number of fused-ring (bicyclic) bond motifs is 3. The molecule has 9 heteroatoms. The van der Waals surface area contributed by atoms with Crippen LogP contribution in [0.15, 0.2) is 51.1 Å². The zero-order chi connectivity index (χ0) is 22.1. The van der Waals surface area contributed by atoms with Gasteiger partial charge in [-0.2, -0.15) is 10.1 Å². The van der Waals surface area contributed by atoms with Crippen LogP contribution in [-0.4, -0.2) is 44.7 Å². The van der Waals surface area contributed by atoms with E-state index in [1.54, 1.807) is 19.2 Å². The number of nitrogens with zero attached hydrogens (tertiary/aromatic N) is 6. The van der Waals surface area contributed by atoms with Crippen molar-refractivity contribution in [2.75, 3.05) is 25.3 Å². The number of ether oxygens (including phenoxy) is 1. The maximum Gasteiger partial charge on any atom is 0.332 e. The number of rotatable bonds is 6. The van der Waals surface area contributed by atoms with Crippen LogP contribution in [-0.2, 0) is 18.3 Å². The molecule has 1 atom stereocenters. The number of anilines is 1. The Morgan fingerprint density at radius 1 is 1.19 bits per heavy atom. The van der Waals surface area contributed by atoms with Gasteiger partial charge in [0.05, 0.1) is 24.9 Å². The van der Waals surface area contributed by atoms with E-state index >= 15 is 0 Å². The minimum absolute atomic E-state index is 0.155. The van der Waals surface area contributed by atoms with Crippen molar-refractivity contribution in [3.8, 4) is 0 Å². The third-order valence-electron chi connectivity index (χ3n) is 5.56. The molecule has 162 valence electrons. The third-order valence-corrected chi connectivity index (χ3v) is 5.56. The van der Waals surface area contributed by atoms with Crippen molar-refractivity contribution in [1.82, 2.24) is 18.7 Å². The molecule has 4 rings (SSSR count). The van der Waals surface area contributed by atoms with E-state index < -0.39 is 5.69 Å². The highest BCUT2D eigenvalue weighted by Gasteiger charge is 2.30. The number of aryl methyl sites for hydroxylation is 1. The molecule has 1 aliphatic rings. The van der Waals surface area contributed by atoms with Crippen LogP contribution in [0.5, 0.6) is 0 Å². The highest BCUT2D eigenvalue weighted by molar-refractivity contribution is 5.91. The van der Waals surface area contributed by atoms with E-state index in [1.807, 2.05) is 60.9 Å². The van der Waals surface area contributed by atoms with Gasteiger partial charge in [-0.05, 0) is 19.4 Å². The van der Waals surface area contributed by atoms with Crippen LogP contribution in [0.4, 0.5) is 5.95 Å². The van der Waals surface area contributed by atoms with Gasteiger partial charge in [0, 0.05) is 20.7 Å². The zero-order valence-electron chi connectivity index (χ0n) is 18.1. The number of aromatic nitrogens is 4. The molecule has 31 heavy (non-hydrogen) atoms. The van der Waals surface area contributed by atoms with Crippen molar-refractivity contribution in [3.05, 3.63) is 62.8 Å². The van der Waals surface area contributed by atoms with Crippen molar-refractivity contribution in [1.29, 1.82) is 0 Å². The first-order valence-electron chi connectivity index (χ1n) is 10.2. The Morgan fingerprint density at radius 3 is 2.65 bits per heavy atom. The molecule has 9 nitrogen and oxygen atoms in total. The van der Waals surface area contributed by atoms with Crippen LogP contribution in [0.3, 0.4) is 0 Å². The second-order valence-corrected chi connectivity index (χ2v) is 7.56. The number of benzene rings is 1. The lowest BCUT2D eigenvalue weighted by atomic mass is 10.2. The van der Waals surface area contributed by atoms with Gasteiger partial charge < -0.3 is 4.74 Å². The topological polar surface area (TPSA) is 86.7 Å². The molecule has 0 radical (unpaired) electrons. The van der Waals surface area contributed by atoms with Crippen molar-refractivity contribution >= 4 is 28.9 Å².